The second-order valence-corrected chi connectivity index (χ2v) is 5.36. The maximum atomic E-state index is 8.49. The first-order valence-corrected chi connectivity index (χ1v) is 6.65. The topological polar surface area (TPSA) is 70.6 Å². The smallest absolute Gasteiger partial charge is 0.143 e. The van der Waals surface area contributed by atoms with Crippen molar-refractivity contribution in [3.05, 3.63) is 0 Å². The highest BCUT2D eigenvalue weighted by atomic mass is 32.2. The lowest BCUT2D eigenvalue weighted by Crippen LogP contribution is -2.34. The summed E-state index contributed by atoms with van der Waals surface area (Å²) in [5.41, 5.74) is 5.49. The fourth-order valence-electron chi connectivity index (χ4n) is 1.66. The zero-order chi connectivity index (χ0) is 11.1. The summed E-state index contributed by atoms with van der Waals surface area (Å²) >= 11 is 2.05. The van der Waals surface area contributed by atoms with Crippen LogP contribution in [-0.2, 0) is 0 Å². The fraction of sp³-hybridized carbons (Fsp3) is 0.900. The Bertz CT molecular complexity index is 205. The Morgan fingerprint density at radius 1 is 1.60 bits per heavy atom. The molecular formula is C10H21N3OS. The SMILES string of the molecule is CC(CNCC1CCSCC1)C(N)=NO. The van der Waals surface area contributed by atoms with Crippen LogP contribution in [0.15, 0.2) is 5.16 Å². The van der Waals surface area contributed by atoms with E-state index in [4.69, 9.17) is 10.9 Å². The van der Waals surface area contributed by atoms with E-state index in [0.717, 1.165) is 19.0 Å². The number of hydrogen-bond acceptors (Lipinski definition) is 4. The molecule has 4 N–H and O–H groups in total. The van der Waals surface area contributed by atoms with Crippen molar-refractivity contribution in [1.29, 1.82) is 0 Å². The third-order valence-corrected chi connectivity index (χ3v) is 3.89. The number of rotatable bonds is 5. The summed E-state index contributed by atoms with van der Waals surface area (Å²) in [5, 5.41) is 14.9. The van der Waals surface area contributed by atoms with Gasteiger partial charge in [-0.1, -0.05) is 12.1 Å². The molecule has 1 fully saturated rings. The van der Waals surface area contributed by atoms with Crippen LogP contribution in [0, 0.1) is 11.8 Å². The first-order chi connectivity index (χ1) is 7.24. The van der Waals surface area contributed by atoms with Gasteiger partial charge in [-0.15, -0.1) is 0 Å². The van der Waals surface area contributed by atoms with Crippen molar-refractivity contribution in [3.8, 4) is 0 Å². The number of hydrogen-bond donors (Lipinski definition) is 3. The third-order valence-electron chi connectivity index (χ3n) is 2.84. The van der Waals surface area contributed by atoms with E-state index in [9.17, 15) is 0 Å². The Hall–Kier alpha value is -0.420. The molecule has 0 saturated carbocycles. The summed E-state index contributed by atoms with van der Waals surface area (Å²) in [7, 11) is 0. The lowest BCUT2D eigenvalue weighted by atomic mass is 10.0. The first-order valence-electron chi connectivity index (χ1n) is 5.50. The van der Waals surface area contributed by atoms with Crippen molar-refractivity contribution in [1.82, 2.24) is 5.32 Å². The highest BCUT2D eigenvalue weighted by Gasteiger charge is 2.14. The molecule has 88 valence electrons. The molecular weight excluding hydrogens is 210 g/mol. The molecule has 0 aromatic carbocycles. The molecule has 0 bridgehead atoms. The van der Waals surface area contributed by atoms with Gasteiger partial charge in [0.15, 0.2) is 0 Å². The lowest BCUT2D eigenvalue weighted by molar-refractivity contribution is 0.313. The second kappa shape index (κ2) is 6.95. The molecule has 0 radical (unpaired) electrons. The van der Waals surface area contributed by atoms with Crippen LogP contribution in [0.3, 0.4) is 0 Å². The normalized spacial score (nSPS) is 21.5. The zero-order valence-corrected chi connectivity index (χ0v) is 10.1. The average molecular weight is 231 g/mol. The number of nitrogens with zero attached hydrogens (tertiary/aromatic N) is 1. The Morgan fingerprint density at radius 2 is 2.27 bits per heavy atom. The Balaban J connectivity index is 2.09. The number of amidine groups is 1. The third kappa shape index (κ3) is 4.75. The summed E-state index contributed by atoms with van der Waals surface area (Å²) < 4.78 is 0. The molecule has 1 unspecified atom stereocenters. The predicted octanol–water partition coefficient (Wildman–Crippen LogP) is 1.10. The van der Waals surface area contributed by atoms with E-state index >= 15 is 0 Å². The molecule has 0 aromatic rings. The van der Waals surface area contributed by atoms with Gasteiger partial charge in [0.05, 0.1) is 0 Å². The van der Waals surface area contributed by atoms with Crippen LogP contribution in [-0.4, -0.2) is 35.6 Å². The largest absolute Gasteiger partial charge is 0.409 e. The molecule has 0 spiro atoms. The van der Waals surface area contributed by atoms with E-state index in [1.807, 2.05) is 18.7 Å². The van der Waals surface area contributed by atoms with Crippen molar-refractivity contribution >= 4 is 17.6 Å². The van der Waals surface area contributed by atoms with E-state index in [-0.39, 0.29) is 5.92 Å². The van der Waals surface area contributed by atoms with Gasteiger partial charge < -0.3 is 16.3 Å². The van der Waals surface area contributed by atoms with Crippen molar-refractivity contribution in [3.63, 3.8) is 0 Å². The van der Waals surface area contributed by atoms with Crippen LogP contribution in [0.25, 0.3) is 0 Å². The molecule has 1 saturated heterocycles. The van der Waals surface area contributed by atoms with Crippen LogP contribution < -0.4 is 11.1 Å². The van der Waals surface area contributed by atoms with E-state index in [0.29, 0.717) is 5.84 Å². The van der Waals surface area contributed by atoms with Gasteiger partial charge in [-0.2, -0.15) is 11.8 Å². The predicted molar refractivity (Wildman–Crippen MR) is 65.5 cm³/mol. The Labute approximate surface area is 95.7 Å². The first kappa shape index (κ1) is 12.6. The van der Waals surface area contributed by atoms with Crippen molar-refractivity contribution < 1.29 is 5.21 Å². The number of oxime groups is 1. The highest BCUT2D eigenvalue weighted by Crippen LogP contribution is 2.21. The van der Waals surface area contributed by atoms with Crippen LogP contribution in [0.4, 0.5) is 0 Å². The molecule has 1 aliphatic rings. The van der Waals surface area contributed by atoms with E-state index in [1.54, 1.807) is 0 Å². The lowest BCUT2D eigenvalue weighted by Gasteiger charge is -2.22. The average Bonchev–Trinajstić information content (AvgIpc) is 2.29. The summed E-state index contributed by atoms with van der Waals surface area (Å²) in [5.74, 6) is 3.81. The van der Waals surface area contributed by atoms with Crippen molar-refractivity contribution in [2.45, 2.75) is 19.8 Å². The molecule has 15 heavy (non-hydrogen) atoms. The van der Waals surface area contributed by atoms with Gasteiger partial charge in [0.1, 0.15) is 5.84 Å². The number of thioether (sulfide) groups is 1. The van der Waals surface area contributed by atoms with E-state index in [2.05, 4.69) is 10.5 Å². The summed E-state index contributed by atoms with van der Waals surface area (Å²) in [4.78, 5) is 0. The number of nitrogens with two attached hydrogens (primary N) is 1. The van der Waals surface area contributed by atoms with Gasteiger partial charge in [0.25, 0.3) is 0 Å². The zero-order valence-electron chi connectivity index (χ0n) is 9.28. The van der Waals surface area contributed by atoms with Crippen molar-refractivity contribution in [2.75, 3.05) is 24.6 Å². The molecule has 4 nitrogen and oxygen atoms in total. The maximum Gasteiger partial charge on any atom is 0.143 e. The van der Waals surface area contributed by atoms with Crippen LogP contribution in [0.5, 0.6) is 0 Å². The molecule has 1 aliphatic heterocycles. The molecule has 1 atom stereocenters. The minimum atomic E-state index is 0.105. The highest BCUT2D eigenvalue weighted by molar-refractivity contribution is 7.99. The van der Waals surface area contributed by atoms with Gasteiger partial charge in [0, 0.05) is 12.5 Å². The fourth-order valence-corrected chi connectivity index (χ4v) is 2.86. The minimum absolute atomic E-state index is 0.105. The molecule has 0 aromatic heterocycles. The van der Waals surface area contributed by atoms with E-state index < -0.39 is 0 Å². The molecule has 0 amide bonds. The summed E-state index contributed by atoms with van der Waals surface area (Å²) in [6, 6.07) is 0. The van der Waals surface area contributed by atoms with Gasteiger partial charge in [-0.25, -0.2) is 0 Å². The Morgan fingerprint density at radius 3 is 2.87 bits per heavy atom. The quantitative estimate of drug-likeness (QED) is 0.287. The Kier molecular flexibility index (Phi) is 5.86. The second-order valence-electron chi connectivity index (χ2n) is 4.14. The van der Waals surface area contributed by atoms with E-state index in [1.165, 1.54) is 24.3 Å². The maximum absolute atomic E-state index is 8.49. The monoisotopic (exact) mass is 231 g/mol. The van der Waals surface area contributed by atoms with Crippen LogP contribution >= 0.6 is 11.8 Å². The molecule has 5 heteroatoms. The standard InChI is InChI=1S/C10H21N3OS/c1-8(10(11)13-14)6-12-7-9-2-4-15-5-3-9/h8-9,12,14H,2-7H2,1H3,(H2,11,13). The summed E-state index contributed by atoms with van der Waals surface area (Å²) in [6.45, 7) is 3.81. The van der Waals surface area contributed by atoms with Crippen LogP contribution in [0.2, 0.25) is 0 Å². The van der Waals surface area contributed by atoms with Gasteiger partial charge in [0.2, 0.25) is 0 Å². The van der Waals surface area contributed by atoms with Gasteiger partial charge >= 0.3 is 0 Å². The van der Waals surface area contributed by atoms with Crippen molar-refractivity contribution in [2.24, 2.45) is 22.7 Å². The van der Waals surface area contributed by atoms with Gasteiger partial charge in [-0.3, -0.25) is 0 Å². The van der Waals surface area contributed by atoms with Gasteiger partial charge in [-0.05, 0) is 36.8 Å². The summed E-state index contributed by atoms with van der Waals surface area (Å²) in [6.07, 6.45) is 2.63. The number of nitrogens with one attached hydrogen (secondary N) is 1. The molecule has 1 heterocycles. The minimum Gasteiger partial charge on any atom is -0.409 e. The molecule has 0 aliphatic carbocycles. The molecule has 1 rings (SSSR count). The van der Waals surface area contributed by atoms with Crippen LogP contribution in [0.1, 0.15) is 19.8 Å².